The Bertz CT molecular complexity index is 733. The van der Waals surface area contributed by atoms with Gasteiger partial charge in [0.1, 0.15) is 11.3 Å². The van der Waals surface area contributed by atoms with Gasteiger partial charge in [0.25, 0.3) is 0 Å². The summed E-state index contributed by atoms with van der Waals surface area (Å²) in [5, 5.41) is 4.33. The van der Waals surface area contributed by atoms with Crippen molar-refractivity contribution >= 4 is 34.1 Å². The highest BCUT2D eigenvalue weighted by Gasteiger charge is 2.18. The summed E-state index contributed by atoms with van der Waals surface area (Å²) < 4.78 is 2.25. The van der Waals surface area contributed by atoms with Gasteiger partial charge in [0.2, 0.25) is 0 Å². The Morgan fingerprint density at radius 1 is 1.38 bits per heavy atom. The summed E-state index contributed by atoms with van der Waals surface area (Å²) in [5.41, 5.74) is 4.49. The number of imidazole rings is 1. The van der Waals surface area contributed by atoms with Crippen molar-refractivity contribution in [2.24, 2.45) is 0 Å². The lowest BCUT2D eigenvalue weighted by atomic mass is 10.1. The first kappa shape index (κ1) is 14.5. The van der Waals surface area contributed by atoms with Gasteiger partial charge in [-0.1, -0.05) is 0 Å². The average molecular weight is 320 g/mol. The third-order valence-electron chi connectivity index (χ3n) is 3.72. The molecule has 1 atom stereocenters. The van der Waals surface area contributed by atoms with Crippen molar-refractivity contribution in [2.75, 3.05) is 5.88 Å². The van der Waals surface area contributed by atoms with E-state index in [1.165, 1.54) is 5.56 Å². The molecule has 21 heavy (non-hydrogen) atoms. The van der Waals surface area contributed by atoms with Gasteiger partial charge in [-0.2, -0.15) is 11.3 Å². The first-order valence-corrected chi connectivity index (χ1v) is 8.58. The van der Waals surface area contributed by atoms with E-state index in [4.69, 9.17) is 16.6 Å². The van der Waals surface area contributed by atoms with Crippen LogP contribution < -0.4 is 0 Å². The molecule has 0 aliphatic rings. The molecule has 0 radical (unpaired) electrons. The lowest BCUT2D eigenvalue weighted by molar-refractivity contribution is 0.535. The number of thiophene rings is 1. The van der Waals surface area contributed by atoms with E-state index in [0.29, 0.717) is 11.9 Å². The molecular weight excluding hydrogens is 302 g/mol. The van der Waals surface area contributed by atoms with Gasteiger partial charge in [0.05, 0.1) is 0 Å². The van der Waals surface area contributed by atoms with Crippen LogP contribution in [-0.2, 0) is 12.8 Å². The van der Waals surface area contributed by atoms with Crippen LogP contribution in [0.3, 0.4) is 0 Å². The van der Waals surface area contributed by atoms with Gasteiger partial charge in [-0.25, -0.2) is 9.97 Å². The third-order valence-corrected chi connectivity index (χ3v) is 4.64. The van der Waals surface area contributed by atoms with Gasteiger partial charge in [-0.15, -0.1) is 11.6 Å². The summed E-state index contributed by atoms with van der Waals surface area (Å²) in [4.78, 5) is 9.33. The summed E-state index contributed by atoms with van der Waals surface area (Å²) in [6.07, 6.45) is 3.61. The molecule has 0 saturated carbocycles. The van der Waals surface area contributed by atoms with Gasteiger partial charge in [0, 0.05) is 24.5 Å². The van der Waals surface area contributed by atoms with Crippen LogP contribution in [0.5, 0.6) is 0 Å². The maximum absolute atomic E-state index is 5.95. The molecule has 3 aromatic rings. The smallest absolute Gasteiger partial charge is 0.160 e. The molecule has 3 aromatic heterocycles. The molecule has 0 fully saturated rings. The van der Waals surface area contributed by atoms with Gasteiger partial charge >= 0.3 is 0 Å². The van der Waals surface area contributed by atoms with Crippen LogP contribution in [0.15, 0.2) is 29.1 Å². The zero-order valence-corrected chi connectivity index (χ0v) is 13.8. The number of hydrogen-bond acceptors (Lipinski definition) is 3. The third kappa shape index (κ3) is 2.83. The van der Waals surface area contributed by atoms with Crippen molar-refractivity contribution in [1.29, 1.82) is 0 Å². The topological polar surface area (TPSA) is 30.7 Å². The maximum atomic E-state index is 5.95. The predicted octanol–water partition coefficient (Wildman–Crippen LogP) is 4.39. The number of nitrogens with zero attached hydrogens (tertiary/aromatic N) is 3. The Labute approximate surface area is 133 Å². The Hall–Kier alpha value is -1.39. The van der Waals surface area contributed by atoms with Crippen LogP contribution in [0, 0.1) is 6.92 Å². The quantitative estimate of drug-likeness (QED) is 0.653. The second-order valence-electron chi connectivity index (χ2n) is 5.32. The predicted molar refractivity (Wildman–Crippen MR) is 89.4 cm³/mol. The lowest BCUT2D eigenvalue weighted by Crippen LogP contribution is -2.12. The molecule has 0 aromatic carbocycles. The van der Waals surface area contributed by atoms with Crippen LogP contribution in [0.4, 0.5) is 0 Å². The van der Waals surface area contributed by atoms with Gasteiger partial charge in [0.15, 0.2) is 5.65 Å². The highest BCUT2D eigenvalue weighted by Crippen LogP contribution is 2.25. The maximum Gasteiger partial charge on any atom is 0.160 e. The molecule has 0 aliphatic heterocycles. The average Bonchev–Trinajstić information content (AvgIpc) is 3.07. The molecule has 3 rings (SSSR count). The minimum absolute atomic E-state index is 0.317. The van der Waals surface area contributed by atoms with Crippen LogP contribution >= 0.6 is 22.9 Å². The number of rotatable bonds is 5. The number of halogens is 1. The summed E-state index contributed by atoms with van der Waals surface area (Å²) in [6.45, 7) is 4.30. The molecule has 3 heterocycles. The molecule has 5 heteroatoms. The molecule has 0 spiro atoms. The van der Waals surface area contributed by atoms with E-state index < -0.39 is 0 Å². The molecule has 110 valence electrons. The molecule has 1 unspecified atom stereocenters. The normalized spacial score (nSPS) is 12.9. The SMILES string of the molecule is Cc1ccnc2c1nc(CCCl)n2C(C)Cc1ccsc1. The Kier molecular flexibility index (Phi) is 4.27. The number of aromatic nitrogens is 3. The minimum atomic E-state index is 0.317. The van der Waals surface area contributed by atoms with E-state index in [1.807, 2.05) is 12.3 Å². The fourth-order valence-corrected chi connectivity index (χ4v) is 3.57. The molecule has 0 amide bonds. The highest BCUT2D eigenvalue weighted by atomic mass is 35.5. The van der Waals surface area contributed by atoms with Crippen LogP contribution in [0.1, 0.15) is 29.9 Å². The largest absolute Gasteiger partial charge is 0.309 e. The second-order valence-corrected chi connectivity index (χ2v) is 6.48. The fourth-order valence-electron chi connectivity index (χ4n) is 2.72. The summed E-state index contributed by atoms with van der Waals surface area (Å²) in [5.74, 6) is 1.61. The summed E-state index contributed by atoms with van der Waals surface area (Å²) in [6, 6.07) is 4.51. The Balaban J connectivity index is 2.06. The van der Waals surface area contributed by atoms with Crippen molar-refractivity contribution in [1.82, 2.24) is 14.5 Å². The Morgan fingerprint density at radius 2 is 2.24 bits per heavy atom. The second kappa shape index (κ2) is 6.16. The fraction of sp³-hybridized carbons (Fsp3) is 0.375. The summed E-state index contributed by atoms with van der Waals surface area (Å²) in [7, 11) is 0. The first-order valence-electron chi connectivity index (χ1n) is 7.10. The van der Waals surface area contributed by atoms with Crippen molar-refractivity contribution < 1.29 is 0 Å². The molecule has 0 N–H and O–H groups in total. The zero-order valence-electron chi connectivity index (χ0n) is 12.2. The zero-order chi connectivity index (χ0) is 14.8. The van der Waals surface area contributed by atoms with Crippen LogP contribution in [0.2, 0.25) is 0 Å². The number of hydrogen-bond donors (Lipinski definition) is 0. The van der Waals surface area contributed by atoms with Gasteiger partial charge in [-0.05, 0) is 54.3 Å². The molecule has 0 bridgehead atoms. The standard InChI is InChI=1S/C16H18ClN3S/c1-11-4-7-18-16-15(11)19-14(3-6-17)20(16)12(2)9-13-5-8-21-10-13/h4-5,7-8,10,12H,3,6,9H2,1-2H3. The van der Waals surface area contributed by atoms with E-state index in [9.17, 15) is 0 Å². The number of alkyl halides is 1. The molecular formula is C16H18ClN3S. The van der Waals surface area contributed by atoms with Gasteiger partial charge in [-0.3, -0.25) is 0 Å². The van der Waals surface area contributed by atoms with E-state index >= 15 is 0 Å². The van der Waals surface area contributed by atoms with Crippen molar-refractivity contribution in [2.45, 2.75) is 32.7 Å². The number of aryl methyl sites for hydroxylation is 2. The van der Waals surface area contributed by atoms with Crippen LogP contribution in [-0.4, -0.2) is 20.4 Å². The van der Waals surface area contributed by atoms with Crippen molar-refractivity contribution in [3.63, 3.8) is 0 Å². The van der Waals surface area contributed by atoms with Crippen LogP contribution in [0.25, 0.3) is 11.2 Å². The lowest BCUT2D eigenvalue weighted by Gasteiger charge is -2.16. The van der Waals surface area contributed by atoms with Crippen molar-refractivity contribution in [3.8, 4) is 0 Å². The van der Waals surface area contributed by atoms with E-state index in [0.717, 1.165) is 35.4 Å². The molecule has 3 nitrogen and oxygen atoms in total. The van der Waals surface area contributed by atoms with E-state index in [-0.39, 0.29) is 0 Å². The van der Waals surface area contributed by atoms with E-state index in [2.05, 4.69) is 40.2 Å². The first-order chi connectivity index (χ1) is 10.2. The molecule has 0 saturated heterocycles. The minimum Gasteiger partial charge on any atom is -0.309 e. The van der Waals surface area contributed by atoms with Gasteiger partial charge < -0.3 is 4.57 Å². The summed E-state index contributed by atoms with van der Waals surface area (Å²) >= 11 is 7.69. The number of pyridine rings is 1. The van der Waals surface area contributed by atoms with Crippen molar-refractivity contribution in [3.05, 3.63) is 46.0 Å². The van der Waals surface area contributed by atoms with E-state index in [1.54, 1.807) is 11.3 Å². The Morgan fingerprint density at radius 3 is 2.95 bits per heavy atom. The molecule has 0 aliphatic carbocycles. The highest BCUT2D eigenvalue weighted by molar-refractivity contribution is 7.07. The monoisotopic (exact) mass is 319 g/mol. The number of fused-ring (bicyclic) bond motifs is 1.